The van der Waals surface area contributed by atoms with E-state index in [1.807, 2.05) is 20.8 Å². The van der Waals surface area contributed by atoms with Crippen molar-refractivity contribution >= 4 is 17.4 Å². The Balaban J connectivity index is 2.34. The van der Waals surface area contributed by atoms with Crippen molar-refractivity contribution in [2.45, 2.75) is 41.5 Å². The summed E-state index contributed by atoms with van der Waals surface area (Å²) in [5.41, 5.74) is 4.53. The highest BCUT2D eigenvalue weighted by Gasteiger charge is 2.15. The molecule has 0 bridgehead atoms. The second-order valence-corrected chi connectivity index (χ2v) is 6.06. The molecular weight excluding hydrogens is 300 g/mol. The predicted molar refractivity (Wildman–Crippen MR) is 98.9 cm³/mol. The SMILES string of the molecule is CCN(CC)c1cc(C(=O)Nc2c(C)cc(C)cc2C)nc(C)n1. The zero-order valence-electron chi connectivity index (χ0n) is 15.4. The van der Waals surface area contributed by atoms with Gasteiger partial charge in [0.1, 0.15) is 17.3 Å². The summed E-state index contributed by atoms with van der Waals surface area (Å²) >= 11 is 0. The second-order valence-electron chi connectivity index (χ2n) is 6.06. The van der Waals surface area contributed by atoms with E-state index in [4.69, 9.17) is 0 Å². The highest BCUT2D eigenvalue weighted by Crippen LogP contribution is 2.23. The minimum atomic E-state index is -0.205. The number of hydrogen-bond donors (Lipinski definition) is 1. The van der Waals surface area contributed by atoms with Crippen LogP contribution in [0.2, 0.25) is 0 Å². The molecule has 1 aromatic carbocycles. The number of carbonyl (C=O) groups is 1. The normalized spacial score (nSPS) is 10.6. The summed E-state index contributed by atoms with van der Waals surface area (Å²) in [6, 6.07) is 5.89. The fourth-order valence-corrected chi connectivity index (χ4v) is 2.93. The number of nitrogens with zero attached hydrogens (tertiary/aromatic N) is 3. The maximum atomic E-state index is 12.7. The van der Waals surface area contributed by atoms with Crippen LogP contribution in [0.4, 0.5) is 11.5 Å². The van der Waals surface area contributed by atoms with E-state index >= 15 is 0 Å². The monoisotopic (exact) mass is 326 g/mol. The third kappa shape index (κ3) is 3.91. The maximum Gasteiger partial charge on any atom is 0.274 e. The van der Waals surface area contributed by atoms with Crippen molar-refractivity contribution in [2.75, 3.05) is 23.3 Å². The average molecular weight is 326 g/mol. The molecule has 5 heteroatoms. The van der Waals surface area contributed by atoms with Crippen LogP contribution in [0.3, 0.4) is 0 Å². The molecule has 2 aromatic rings. The third-order valence-electron chi connectivity index (χ3n) is 4.06. The number of nitrogens with one attached hydrogen (secondary N) is 1. The van der Waals surface area contributed by atoms with Gasteiger partial charge in [-0.15, -0.1) is 0 Å². The van der Waals surface area contributed by atoms with Crippen molar-refractivity contribution in [2.24, 2.45) is 0 Å². The summed E-state index contributed by atoms with van der Waals surface area (Å²) in [6.07, 6.45) is 0. The summed E-state index contributed by atoms with van der Waals surface area (Å²) < 4.78 is 0. The van der Waals surface area contributed by atoms with Gasteiger partial charge in [0.25, 0.3) is 5.91 Å². The molecule has 0 aliphatic carbocycles. The molecule has 0 radical (unpaired) electrons. The molecule has 24 heavy (non-hydrogen) atoms. The van der Waals surface area contributed by atoms with E-state index in [1.54, 1.807) is 6.07 Å². The molecule has 1 aromatic heterocycles. The van der Waals surface area contributed by atoms with E-state index in [0.717, 1.165) is 35.7 Å². The molecule has 1 heterocycles. The first-order chi connectivity index (χ1) is 11.3. The first-order valence-corrected chi connectivity index (χ1v) is 8.35. The Morgan fingerprint density at radius 3 is 2.12 bits per heavy atom. The largest absolute Gasteiger partial charge is 0.357 e. The molecule has 0 spiro atoms. The van der Waals surface area contributed by atoms with Gasteiger partial charge in [-0.3, -0.25) is 4.79 Å². The van der Waals surface area contributed by atoms with Crippen molar-refractivity contribution in [3.63, 3.8) is 0 Å². The first kappa shape index (κ1) is 17.9. The fourth-order valence-electron chi connectivity index (χ4n) is 2.93. The number of benzene rings is 1. The minimum absolute atomic E-state index is 0.205. The molecule has 1 N–H and O–H groups in total. The average Bonchev–Trinajstić information content (AvgIpc) is 2.51. The van der Waals surface area contributed by atoms with Crippen LogP contribution in [0.25, 0.3) is 0 Å². The molecule has 0 saturated carbocycles. The fraction of sp³-hybridized carbons (Fsp3) is 0.421. The first-order valence-electron chi connectivity index (χ1n) is 8.35. The van der Waals surface area contributed by atoms with Crippen molar-refractivity contribution in [1.29, 1.82) is 0 Å². The van der Waals surface area contributed by atoms with Gasteiger partial charge in [-0.1, -0.05) is 17.7 Å². The Morgan fingerprint density at radius 1 is 1.00 bits per heavy atom. The summed E-state index contributed by atoms with van der Waals surface area (Å²) in [5, 5.41) is 3.00. The van der Waals surface area contributed by atoms with Crippen molar-refractivity contribution in [1.82, 2.24) is 9.97 Å². The van der Waals surface area contributed by atoms with Crippen LogP contribution < -0.4 is 10.2 Å². The Bertz CT molecular complexity index is 728. The molecule has 0 fully saturated rings. The van der Waals surface area contributed by atoms with Gasteiger partial charge in [0.05, 0.1) is 0 Å². The molecule has 0 aliphatic heterocycles. The van der Waals surface area contributed by atoms with Crippen LogP contribution >= 0.6 is 0 Å². The molecule has 5 nitrogen and oxygen atoms in total. The van der Waals surface area contributed by atoms with E-state index in [0.29, 0.717) is 11.5 Å². The van der Waals surface area contributed by atoms with Gasteiger partial charge in [0.2, 0.25) is 0 Å². The smallest absolute Gasteiger partial charge is 0.274 e. The van der Waals surface area contributed by atoms with Gasteiger partial charge in [0.15, 0.2) is 0 Å². The highest BCUT2D eigenvalue weighted by atomic mass is 16.1. The number of hydrogen-bond acceptors (Lipinski definition) is 4. The van der Waals surface area contributed by atoms with E-state index in [-0.39, 0.29) is 5.91 Å². The van der Waals surface area contributed by atoms with Crippen molar-refractivity contribution in [3.8, 4) is 0 Å². The lowest BCUT2D eigenvalue weighted by Gasteiger charge is -2.20. The molecule has 0 unspecified atom stereocenters. The van der Waals surface area contributed by atoms with Crippen LogP contribution in [0.5, 0.6) is 0 Å². The van der Waals surface area contributed by atoms with Gasteiger partial charge >= 0.3 is 0 Å². The summed E-state index contributed by atoms with van der Waals surface area (Å²) in [6.45, 7) is 13.7. The van der Waals surface area contributed by atoms with Gasteiger partial charge in [-0.25, -0.2) is 9.97 Å². The van der Waals surface area contributed by atoms with Crippen molar-refractivity contribution in [3.05, 3.63) is 46.4 Å². The number of aromatic nitrogens is 2. The van der Waals surface area contributed by atoms with Gasteiger partial charge in [-0.2, -0.15) is 0 Å². The number of anilines is 2. The van der Waals surface area contributed by atoms with Crippen LogP contribution in [-0.4, -0.2) is 29.0 Å². The Morgan fingerprint density at radius 2 is 1.58 bits per heavy atom. The number of amides is 1. The Hall–Kier alpha value is -2.43. The molecule has 0 atom stereocenters. The number of rotatable bonds is 5. The lowest BCUT2D eigenvalue weighted by atomic mass is 10.0. The zero-order valence-corrected chi connectivity index (χ0v) is 15.4. The lowest BCUT2D eigenvalue weighted by molar-refractivity contribution is 0.102. The van der Waals surface area contributed by atoms with Crippen LogP contribution in [-0.2, 0) is 0 Å². The predicted octanol–water partition coefficient (Wildman–Crippen LogP) is 3.81. The third-order valence-corrected chi connectivity index (χ3v) is 4.06. The molecule has 1 amide bonds. The van der Waals surface area contributed by atoms with Crippen LogP contribution in [0, 0.1) is 27.7 Å². The van der Waals surface area contributed by atoms with Crippen LogP contribution in [0.15, 0.2) is 18.2 Å². The van der Waals surface area contributed by atoms with E-state index in [1.165, 1.54) is 5.56 Å². The van der Waals surface area contributed by atoms with E-state index in [9.17, 15) is 4.79 Å². The lowest BCUT2D eigenvalue weighted by Crippen LogP contribution is -2.25. The van der Waals surface area contributed by atoms with E-state index < -0.39 is 0 Å². The van der Waals surface area contributed by atoms with Gasteiger partial charge < -0.3 is 10.2 Å². The molecule has 0 aliphatic rings. The Kier molecular flexibility index (Phi) is 5.54. The second kappa shape index (κ2) is 7.43. The van der Waals surface area contributed by atoms with Crippen molar-refractivity contribution < 1.29 is 4.79 Å². The van der Waals surface area contributed by atoms with Gasteiger partial charge in [0, 0.05) is 24.8 Å². The molecule has 2 rings (SSSR count). The number of carbonyl (C=O) groups excluding carboxylic acids is 1. The quantitative estimate of drug-likeness (QED) is 0.908. The van der Waals surface area contributed by atoms with E-state index in [2.05, 4.69) is 53.1 Å². The van der Waals surface area contributed by atoms with Gasteiger partial charge in [-0.05, 0) is 52.7 Å². The summed E-state index contributed by atoms with van der Waals surface area (Å²) in [7, 11) is 0. The number of aryl methyl sites for hydroxylation is 4. The zero-order chi connectivity index (χ0) is 17.9. The summed E-state index contributed by atoms with van der Waals surface area (Å²) in [4.78, 5) is 23.5. The van der Waals surface area contributed by atoms with Crippen LogP contribution in [0.1, 0.15) is 46.9 Å². The summed E-state index contributed by atoms with van der Waals surface area (Å²) in [5.74, 6) is 1.18. The topological polar surface area (TPSA) is 58.1 Å². The molecule has 128 valence electrons. The highest BCUT2D eigenvalue weighted by molar-refractivity contribution is 6.04. The molecule has 0 saturated heterocycles. The minimum Gasteiger partial charge on any atom is -0.357 e. The Labute approximate surface area is 144 Å². The molecular formula is C19H26N4O. The maximum absolute atomic E-state index is 12.7. The standard InChI is InChI=1S/C19H26N4O/c1-7-23(8-2)17-11-16(20-15(6)21-17)19(24)22-18-13(4)9-12(3)10-14(18)5/h9-11H,7-8H2,1-6H3,(H,22,24).